The summed E-state index contributed by atoms with van der Waals surface area (Å²) in [5.41, 5.74) is 2.37. The van der Waals surface area contributed by atoms with E-state index in [0.717, 1.165) is 12.0 Å². The van der Waals surface area contributed by atoms with Crippen LogP contribution in [0, 0.1) is 5.82 Å². The molecule has 27 heavy (non-hydrogen) atoms. The first kappa shape index (κ1) is 18.6. The smallest absolute Gasteiger partial charge is 0.271 e. The van der Waals surface area contributed by atoms with Gasteiger partial charge in [0.25, 0.3) is 5.91 Å². The van der Waals surface area contributed by atoms with Gasteiger partial charge < -0.3 is 10.1 Å². The van der Waals surface area contributed by atoms with Crippen LogP contribution in [0.3, 0.4) is 0 Å². The van der Waals surface area contributed by atoms with E-state index in [-0.39, 0.29) is 11.6 Å². The highest BCUT2D eigenvalue weighted by Crippen LogP contribution is 2.27. The summed E-state index contributed by atoms with van der Waals surface area (Å²) in [6.07, 6.45) is 0.737. The molecule has 3 rings (SSSR count). The minimum Gasteiger partial charge on any atom is -0.497 e. The van der Waals surface area contributed by atoms with Gasteiger partial charge in [-0.05, 0) is 37.1 Å². The van der Waals surface area contributed by atoms with E-state index in [1.165, 1.54) is 13.2 Å². The molecule has 0 spiro atoms. The van der Waals surface area contributed by atoms with E-state index >= 15 is 0 Å². The molecule has 0 radical (unpaired) electrons. The van der Waals surface area contributed by atoms with E-state index in [0.29, 0.717) is 30.1 Å². The topological polar surface area (TPSA) is 56.2 Å². The maximum Gasteiger partial charge on any atom is 0.271 e. The third-order valence-corrected chi connectivity index (χ3v) is 4.31. The first-order valence-electron chi connectivity index (χ1n) is 8.86. The largest absolute Gasteiger partial charge is 0.497 e. The molecule has 1 aromatic heterocycles. The highest BCUT2D eigenvalue weighted by molar-refractivity contribution is 5.93. The minimum atomic E-state index is -0.417. The highest BCUT2D eigenvalue weighted by Gasteiger charge is 2.17. The Kier molecular flexibility index (Phi) is 5.86. The average molecular weight is 367 g/mol. The number of rotatable bonds is 7. The summed E-state index contributed by atoms with van der Waals surface area (Å²) >= 11 is 0. The van der Waals surface area contributed by atoms with Gasteiger partial charge in [-0.25, -0.2) is 4.39 Å². The maximum atomic E-state index is 14.4. The van der Waals surface area contributed by atoms with Crippen LogP contribution in [0.25, 0.3) is 11.3 Å². The van der Waals surface area contributed by atoms with Gasteiger partial charge in [-0.15, -0.1) is 0 Å². The molecule has 2 aromatic carbocycles. The minimum absolute atomic E-state index is 0.270. The SMILES string of the molecule is CCn1nc(C(=O)NCCc2ccccc2)cc1-c1ccc(OC)cc1F. The standard InChI is InChI=1S/C21H22FN3O2/c1-3-25-20(17-10-9-16(27-2)13-18(17)22)14-19(24-25)21(26)23-12-11-15-7-5-4-6-8-15/h4-10,13-14H,3,11-12H2,1-2H3,(H,23,26). The summed E-state index contributed by atoms with van der Waals surface area (Å²) in [4.78, 5) is 12.4. The predicted molar refractivity (Wildman–Crippen MR) is 102 cm³/mol. The summed E-state index contributed by atoms with van der Waals surface area (Å²) in [6.45, 7) is 2.93. The lowest BCUT2D eigenvalue weighted by molar-refractivity contribution is 0.0948. The quantitative estimate of drug-likeness (QED) is 0.693. The Morgan fingerprint density at radius 1 is 1.19 bits per heavy atom. The molecule has 1 amide bonds. The van der Waals surface area contributed by atoms with Gasteiger partial charge in [0.2, 0.25) is 0 Å². The Hall–Kier alpha value is -3.15. The summed E-state index contributed by atoms with van der Waals surface area (Å²) in [5.74, 6) is -0.244. The number of hydrogen-bond donors (Lipinski definition) is 1. The van der Waals surface area contributed by atoms with Crippen molar-refractivity contribution >= 4 is 5.91 Å². The van der Waals surface area contributed by atoms with Crippen molar-refractivity contribution in [1.29, 1.82) is 0 Å². The van der Waals surface area contributed by atoms with Gasteiger partial charge in [-0.2, -0.15) is 5.10 Å². The van der Waals surface area contributed by atoms with Gasteiger partial charge in [0.1, 0.15) is 11.6 Å². The number of benzene rings is 2. The number of hydrogen-bond acceptors (Lipinski definition) is 3. The molecular weight excluding hydrogens is 345 g/mol. The molecule has 0 fully saturated rings. The molecule has 1 heterocycles. The Labute approximate surface area is 157 Å². The van der Waals surface area contributed by atoms with Gasteiger partial charge in [-0.3, -0.25) is 9.48 Å². The van der Waals surface area contributed by atoms with Crippen molar-refractivity contribution in [2.24, 2.45) is 0 Å². The van der Waals surface area contributed by atoms with Crippen LogP contribution in [-0.4, -0.2) is 29.3 Å². The molecule has 0 aliphatic carbocycles. The molecule has 0 saturated heterocycles. The summed E-state index contributed by atoms with van der Waals surface area (Å²) in [6, 6.07) is 16.2. The van der Waals surface area contributed by atoms with Crippen LogP contribution in [0.5, 0.6) is 5.75 Å². The average Bonchev–Trinajstić information content (AvgIpc) is 3.13. The van der Waals surface area contributed by atoms with Crippen molar-refractivity contribution in [2.45, 2.75) is 19.9 Å². The number of aryl methyl sites for hydroxylation is 1. The zero-order valence-corrected chi connectivity index (χ0v) is 15.4. The number of halogens is 1. The fourth-order valence-electron chi connectivity index (χ4n) is 2.87. The van der Waals surface area contributed by atoms with Crippen molar-refractivity contribution in [2.75, 3.05) is 13.7 Å². The van der Waals surface area contributed by atoms with Crippen LogP contribution in [0.1, 0.15) is 23.0 Å². The van der Waals surface area contributed by atoms with Crippen LogP contribution in [0.4, 0.5) is 4.39 Å². The lowest BCUT2D eigenvalue weighted by Crippen LogP contribution is -2.26. The van der Waals surface area contributed by atoms with E-state index in [1.807, 2.05) is 37.3 Å². The molecule has 0 aliphatic rings. The van der Waals surface area contributed by atoms with E-state index in [4.69, 9.17) is 4.74 Å². The Morgan fingerprint density at radius 2 is 1.96 bits per heavy atom. The normalized spacial score (nSPS) is 10.6. The highest BCUT2D eigenvalue weighted by atomic mass is 19.1. The second kappa shape index (κ2) is 8.49. The number of carbonyl (C=O) groups is 1. The van der Waals surface area contributed by atoms with Gasteiger partial charge in [0, 0.05) is 24.7 Å². The van der Waals surface area contributed by atoms with Gasteiger partial charge >= 0.3 is 0 Å². The molecule has 0 saturated carbocycles. The van der Waals surface area contributed by atoms with Crippen molar-refractivity contribution in [1.82, 2.24) is 15.1 Å². The maximum absolute atomic E-state index is 14.4. The second-order valence-electron chi connectivity index (χ2n) is 6.07. The molecule has 0 aliphatic heterocycles. The molecule has 0 unspecified atom stereocenters. The molecule has 1 N–H and O–H groups in total. The van der Waals surface area contributed by atoms with Gasteiger partial charge in [0.15, 0.2) is 5.69 Å². The Morgan fingerprint density at radius 3 is 2.63 bits per heavy atom. The number of ether oxygens (including phenoxy) is 1. The molecule has 0 atom stereocenters. The first-order valence-corrected chi connectivity index (χ1v) is 8.86. The van der Waals surface area contributed by atoms with E-state index in [2.05, 4.69) is 10.4 Å². The lowest BCUT2D eigenvalue weighted by atomic mass is 10.1. The Balaban J connectivity index is 1.74. The van der Waals surface area contributed by atoms with Crippen LogP contribution < -0.4 is 10.1 Å². The summed E-state index contributed by atoms with van der Waals surface area (Å²) < 4.78 is 21.1. The van der Waals surface area contributed by atoms with E-state index in [1.54, 1.807) is 22.9 Å². The number of carbonyl (C=O) groups excluding carboxylic acids is 1. The van der Waals surface area contributed by atoms with Crippen molar-refractivity contribution in [3.05, 3.63) is 71.7 Å². The van der Waals surface area contributed by atoms with E-state index in [9.17, 15) is 9.18 Å². The van der Waals surface area contributed by atoms with Crippen LogP contribution in [0.2, 0.25) is 0 Å². The molecular formula is C21H22FN3O2. The molecule has 6 heteroatoms. The molecule has 3 aromatic rings. The monoisotopic (exact) mass is 367 g/mol. The first-order chi connectivity index (χ1) is 13.1. The second-order valence-corrected chi connectivity index (χ2v) is 6.07. The zero-order valence-electron chi connectivity index (χ0n) is 15.4. The fraction of sp³-hybridized carbons (Fsp3) is 0.238. The van der Waals surface area contributed by atoms with Crippen molar-refractivity contribution in [3.8, 4) is 17.0 Å². The van der Waals surface area contributed by atoms with Gasteiger partial charge in [0.05, 0.1) is 12.8 Å². The zero-order chi connectivity index (χ0) is 19.2. The van der Waals surface area contributed by atoms with Crippen LogP contribution in [0.15, 0.2) is 54.6 Å². The van der Waals surface area contributed by atoms with Crippen molar-refractivity contribution < 1.29 is 13.9 Å². The van der Waals surface area contributed by atoms with Crippen molar-refractivity contribution in [3.63, 3.8) is 0 Å². The fourth-order valence-corrected chi connectivity index (χ4v) is 2.87. The van der Waals surface area contributed by atoms with E-state index < -0.39 is 5.82 Å². The molecule has 0 bridgehead atoms. The Bertz CT molecular complexity index is 922. The van der Waals surface area contributed by atoms with Crippen LogP contribution >= 0.6 is 0 Å². The number of amides is 1. The summed E-state index contributed by atoms with van der Waals surface area (Å²) in [7, 11) is 1.49. The van der Waals surface area contributed by atoms with Crippen LogP contribution in [-0.2, 0) is 13.0 Å². The van der Waals surface area contributed by atoms with Gasteiger partial charge in [-0.1, -0.05) is 30.3 Å². The predicted octanol–water partition coefficient (Wildman–Crippen LogP) is 3.69. The number of aromatic nitrogens is 2. The molecule has 5 nitrogen and oxygen atoms in total. The lowest BCUT2D eigenvalue weighted by Gasteiger charge is -2.07. The number of nitrogens with one attached hydrogen (secondary N) is 1. The third-order valence-electron chi connectivity index (χ3n) is 4.31. The molecule has 140 valence electrons. The number of methoxy groups -OCH3 is 1. The number of nitrogens with zero attached hydrogens (tertiary/aromatic N) is 2. The third kappa shape index (κ3) is 4.34. The summed E-state index contributed by atoms with van der Waals surface area (Å²) in [5, 5.41) is 7.19.